The molecule has 2 amide bonds. The number of carbonyl (C=O) groups is 2. The normalized spacial score (nSPS) is 22.7. The number of rotatable bonds is 5. The number of urea groups is 1. The Kier molecular flexibility index (Phi) is 6.18. The molecule has 2 atom stereocenters. The quantitative estimate of drug-likeness (QED) is 0.758. The number of carbonyl (C=O) groups excluding carboxylic acids is 1. The summed E-state index contributed by atoms with van der Waals surface area (Å²) in [4.78, 5) is 23.6. The van der Waals surface area contributed by atoms with Crippen LogP contribution in [-0.2, 0) is 4.79 Å². The van der Waals surface area contributed by atoms with Crippen molar-refractivity contribution in [2.75, 3.05) is 25.4 Å². The van der Waals surface area contributed by atoms with Crippen molar-refractivity contribution in [3.63, 3.8) is 0 Å². The van der Waals surface area contributed by atoms with Gasteiger partial charge in [0.2, 0.25) is 0 Å². The first-order valence-corrected chi connectivity index (χ1v) is 7.61. The minimum Gasteiger partial charge on any atom is -0.481 e. The number of nitrogens with zero attached hydrogens (tertiary/aromatic N) is 1. The van der Waals surface area contributed by atoms with Crippen molar-refractivity contribution in [2.45, 2.75) is 25.3 Å². The van der Waals surface area contributed by atoms with E-state index in [-0.39, 0.29) is 0 Å². The van der Waals surface area contributed by atoms with Crippen molar-refractivity contribution in [3.05, 3.63) is 0 Å². The van der Waals surface area contributed by atoms with Crippen molar-refractivity contribution in [3.8, 4) is 0 Å². The Bertz CT molecular complexity index is 390. The molecule has 1 aliphatic heterocycles. The monoisotopic (exact) mass is 328 g/mol. The Balaban J connectivity index is 2.53. The van der Waals surface area contributed by atoms with Gasteiger partial charge in [-0.15, -0.1) is 0 Å². The SMILES string of the molecule is CC(C)SCCNC(=O)N1C[C@@H](C(F)(F)F)[C@H](C(=O)O)C1. The zero-order valence-electron chi connectivity index (χ0n) is 11.8. The number of halogens is 3. The zero-order chi connectivity index (χ0) is 16.2. The lowest BCUT2D eigenvalue weighted by Crippen LogP contribution is -2.40. The number of amides is 2. The lowest BCUT2D eigenvalue weighted by molar-refractivity contribution is -0.187. The van der Waals surface area contributed by atoms with Gasteiger partial charge in [-0.05, 0) is 5.25 Å². The second-order valence-electron chi connectivity index (χ2n) is 5.15. The Labute approximate surface area is 125 Å². The van der Waals surface area contributed by atoms with Gasteiger partial charge in [0.05, 0.1) is 11.8 Å². The van der Waals surface area contributed by atoms with E-state index >= 15 is 0 Å². The molecule has 1 rings (SSSR count). The molecule has 0 unspecified atom stereocenters. The zero-order valence-corrected chi connectivity index (χ0v) is 12.6. The molecule has 122 valence electrons. The van der Waals surface area contributed by atoms with Crippen LogP contribution in [0.1, 0.15) is 13.8 Å². The van der Waals surface area contributed by atoms with Gasteiger partial charge in [0.15, 0.2) is 0 Å². The predicted octanol–water partition coefficient (Wildman–Crippen LogP) is 2.03. The van der Waals surface area contributed by atoms with Crippen LogP contribution in [0.15, 0.2) is 0 Å². The van der Waals surface area contributed by atoms with Gasteiger partial charge in [-0.1, -0.05) is 13.8 Å². The first-order chi connectivity index (χ1) is 9.62. The molecule has 1 fully saturated rings. The first kappa shape index (κ1) is 17.9. The highest BCUT2D eigenvalue weighted by atomic mass is 32.2. The van der Waals surface area contributed by atoms with Gasteiger partial charge in [0.25, 0.3) is 0 Å². The molecule has 1 saturated heterocycles. The highest BCUT2D eigenvalue weighted by Crippen LogP contribution is 2.37. The highest BCUT2D eigenvalue weighted by Gasteiger charge is 2.53. The molecule has 0 aromatic carbocycles. The van der Waals surface area contributed by atoms with Crippen LogP contribution >= 0.6 is 11.8 Å². The van der Waals surface area contributed by atoms with Crippen molar-refractivity contribution >= 4 is 23.8 Å². The molecule has 0 aromatic rings. The number of likely N-dealkylation sites (tertiary alicyclic amines) is 1. The largest absolute Gasteiger partial charge is 0.481 e. The van der Waals surface area contributed by atoms with E-state index in [1.165, 1.54) is 0 Å². The summed E-state index contributed by atoms with van der Waals surface area (Å²) in [6.07, 6.45) is -4.62. The Hall–Kier alpha value is -1.12. The molecular weight excluding hydrogens is 309 g/mol. The molecule has 1 aliphatic rings. The number of hydrogen-bond donors (Lipinski definition) is 2. The third-order valence-corrected chi connectivity index (χ3v) is 4.28. The molecular formula is C12H19F3N2O3S. The first-order valence-electron chi connectivity index (χ1n) is 6.56. The maximum absolute atomic E-state index is 12.8. The van der Waals surface area contributed by atoms with E-state index in [1.54, 1.807) is 11.8 Å². The highest BCUT2D eigenvalue weighted by molar-refractivity contribution is 7.99. The van der Waals surface area contributed by atoms with Crippen molar-refractivity contribution in [2.24, 2.45) is 11.8 Å². The van der Waals surface area contributed by atoms with Gasteiger partial charge >= 0.3 is 18.2 Å². The molecule has 0 aromatic heterocycles. The Morgan fingerprint density at radius 3 is 2.43 bits per heavy atom. The summed E-state index contributed by atoms with van der Waals surface area (Å²) >= 11 is 1.62. The minimum absolute atomic E-state index is 0.340. The fourth-order valence-corrected chi connectivity index (χ4v) is 2.81. The maximum atomic E-state index is 12.8. The molecule has 5 nitrogen and oxygen atoms in total. The van der Waals surface area contributed by atoms with E-state index < -0.39 is 43.1 Å². The van der Waals surface area contributed by atoms with Crippen molar-refractivity contribution in [1.29, 1.82) is 0 Å². The average Bonchev–Trinajstić information content (AvgIpc) is 2.79. The lowest BCUT2D eigenvalue weighted by atomic mass is 9.96. The van der Waals surface area contributed by atoms with E-state index in [1.807, 2.05) is 13.8 Å². The summed E-state index contributed by atoms with van der Waals surface area (Å²) in [5.41, 5.74) is 0. The number of carboxylic acids is 1. The fraction of sp³-hybridized carbons (Fsp3) is 0.833. The molecule has 0 radical (unpaired) electrons. The van der Waals surface area contributed by atoms with E-state index in [2.05, 4.69) is 5.32 Å². The van der Waals surface area contributed by atoms with Gasteiger partial charge in [-0.25, -0.2) is 4.79 Å². The van der Waals surface area contributed by atoms with Crippen LogP contribution in [0.5, 0.6) is 0 Å². The average molecular weight is 328 g/mol. The standard InChI is InChI=1S/C12H19F3N2O3S/c1-7(2)21-4-3-16-11(20)17-5-8(10(18)19)9(6-17)12(13,14)15/h7-9H,3-6H2,1-2H3,(H,16,20)(H,18,19)/t8-,9-/m1/s1. The van der Waals surface area contributed by atoms with Gasteiger partial charge in [-0.3, -0.25) is 4.79 Å². The number of aliphatic carboxylic acids is 1. The minimum atomic E-state index is -4.62. The van der Waals surface area contributed by atoms with E-state index in [0.29, 0.717) is 17.5 Å². The van der Waals surface area contributed by atoms with Crippen LogP contribution in [0.25, 0.3) is 0 Å². The summed E-state index contributed by atoms with van der Waals surface area (Å²) in [5.74, 6) is -4.47. The van der Waals surface area contributed by atoms with Crippen LogP contribution in [0.3, 0.4) is 0 Å². The lowest BCUT2D eigenvalue weighted by Gasteiger charge is -2.18. The Morgan fingerprint density at radius 2 is 2.00 bits per heavy atom. The molecule has 0 saturated carbocycles. The van der Waals surface area contributed by atoms with E-state index in [4.69, 9.17) is 5.11 Å². The number of alkyl halides is 3. The number of thioether (sulfide) groups is 1. The summed E-state index contributed by atoms with van der Waals surface area (Å²) in [7, 11) is 0. The third-order valence-electron chi connectivity index (χ3n) is 3.17. The number of hydrogen-bond acceptors (Lipinski definition) is 3. The predicted molar refractivity (Wildman–Crippen MR) is 73.2 cm³/mol. The molecule has 0 aliphatic carbocycles. The molecule has 1 heterocycles. The molecule has 21 heavy (non-hydrogen) atoms. The molecule has 0 spiro atoms. The number of carboxylic acid groups (broad SMARTS) is 1. The summed E-state index contributed by atoms with van der Waals surface area (Å²) in [5, 5.41) is 11.8. The fourth-order valence-electron chi connectivity index (χ4n) is 2.12. The van der Waals surface area contributed by atoms with Crippen LogP contribution in [0, 0.1) is 11.8 Å². The summed E-state index contributed by atoms with van der Waals surface area (Å²) < 4.78 is 38.3. The summed E-state index contributed by atoms with van der Waals surface area (Å²) in [6.45, 7) is 3.32. The van der Waals surface area contributed by atoms with Gasteiger partial charge in [0.1, 0.15) is 0 Å². The smallest absolute Gasteiger partial charge is 0.394 e. The number of nitrogens with one attached hydrogen (secondary N) is 1. The van der Waals surface area contributed by atoms with E-state index in [9.17, 15) is 22.8 Å². The topological polar surface area (TPSA) is 69.6 Å². The molecule has 0 bridgehead atoms. The molecule has 9 heteroatoms. The van der Waals surface area contributed by atoms with Crippen LogP contribution in [0.4, 0.5) is 18.0 Å². The third kappa shape index (κ3) is 5.29. The van der Waals surface area contributed by atoms with Crippen LogP contribution in [0.2, 0.25) is 0 Å². The van der Waals surface area contributed by atoms with Crippen molar-refractivity contribution < 1.29 is 27.9 Å². The van der Waals surface area contributed by atoms with Crippen LogP contribution in [-0.4, -0.2) is 58.8 Å². The van der Waals surface area contributed by atoms with Gasteiger partial charge in [-0.2, -0.15) is 24.9 Å². The van der Waals surface area contributed by atoms with Crippen LogP contribution < -0.4 is 5.32 Å². The molecule has 2 N–H and O–H groups in total. The second-order valence-corrected chi connectivity index (χ2v) is 6.83. The van der Waals surface area contributed by atoms with E-state index in [0.717, 1.165) is 4.90 Å². The Morgan fingerprint density at radius 1 is 1.38 bits per heavy atom. The summed E-state index contributed by atoms with van der Waals surface area (Å²) in [6, 6.07) is -0.641. The van der Waals surface area contributed by atoms with Crippen molar-refractivity contribution in [1.82, 2.24) is 10.2 Å². The van der Waals surface area contributed by atoms with Gasteiger partial charge < -0.3 is 15.3 Å². The maximum Gasteiger partial charge on any atom is 0.394 e. The van der Waals surface area contributed by atoms with Gasteiger partial charge in [0, 0.05) is 25.4 Å². The second kappa shape index (κ2) is 7.24.